The Labute approximate surface area is 344 Å². The molecule has 2 atom stereocenters. The summed E-state index contributed by atoms with van der Waals surface area (Å²) in [5, 5.41) is 12.1. The molecule has 0 aromatic heterocycles. The summed E-state index contributed by atoms with van der Waals surface area (Å²) >= 11 is 0. The summed E-state index contributed by atoms with van der Waals surface area (Å²) < 4.78 is 12.4. The van der Waals surface area contributed by atoms with E-state index in [4.69, 9.17) is 9.47 Å². The first-order chi connectivity index (χ1) is 28.6. The molecule has 0 saturated heterocycles. The van der Waals surface area contributed by atoms with E-state index in [9.17, 15) is 0 Å². The van der Waals surface area contributed by atoms with E-state index >= 15 is 0 Å². The molecule has 2 heteroatoms. The monoisotopic (exact) mass is 758 g/mol. The Bertz CT molecular complexity index is 2590. The average molecular weight is 759 g/mol. The zero-order valence-electron chi connectivity index (χ0n) is 34.6. The molecular formula is C56H54O2. The number of hydrogen-bond acceptors (Lipinski definition) is 2. The molecule has 0 radical (unpaired) electrons. The van der Waals surface area contributed by atoms with Gasteiger partial charge in [0, 0.05) is 22.3 Å². The largest absolute Gasteiger partial charge is 0.493 e. The van der Waals surface area contributed by atoms with E-state index in [0.29, 0.717) is 11.8 Å². The molecule has 0 aliphatic carbocycles. The van der Waals surface area contributed by atoms with Gasteiger partial charge in [0.2, 0.25) is 0 Å². The Morgan fingerprint density at radius 3 is 1.16 bits per heavy atom. The fraction of sp³-hybridized carbons (Fsp3) is 0.286. The molecular weight excluding hydrogens is 705 g/mol. The van der Waals surface area contributed by atoms with Crippen molar-refractivity contribution in [3.8, 4) is 35.2 Å². The van der Waals surface area contributed by atoms with E-state index in [2.05, 4.69) is 173 Å². The molecule has 0 bridgehead atoms. The lowest BCUT2D eigenvalue weighted by atomic mass is 9.84. The van der Waals surface area contributed by atoms with Crippen molar-refractivity contribution in [3.05, 3.63) is 144 Å². The SMILES string of the molecule is CCCCC(CC)COc1ccc(C#Cc2c3ccccc3c3ccc4c(C#Cc5ccc(OCC(CC)CCCC)cc5)c5ccccc5c5ccc2c3c45)cc1. The van der Waals surface area contributed by atoms with Crippen LogP contribution in [0.25, 0.3) is 53.9 Å². The maximum Gasteiger partial charge on any atom is 0.119 e. The quantitative estimate of drug-likeness (QED) is 0.0625. The Morgan fingerprint density at radius 2 is 0.776 bits per heavy atom. The maximum atomic E-state index is 6.21. The minimum Gasteiger partial charge on any atom is -0.493 e. The summed E-state index contributed by atoms with van der Waals surface area (Å²) in [7, 11) is 0. The van der Waals surface area contributed by atoms with Crippen LogP contribution in [0.15, 0.2) is 121 Å². The van der Waals surface area contributed by atoms with Gasteiger partial charge in [-0.05, 0) is 127 Å². The second-order valence-corrected chi connectivity index (χ2v) is 15.9. The maximum absolute atomic E-state index is 6.21. The summed E-state index contributed by atoms with van der Waals surface area (Å²) in [4.78, 5) is 0. The Balaban J connectivity index is 1.18. The fourth-order valence-corrected chi connectivity index (χ4v) is 8.56. The second-order valence-electron chi connectivity index (χ2n) is 15.9. The molecule has 0 N–H and O–H groups in total. The van der Waals surface area contributed by atoms with Crippen LogP contribution in [-0.2, 0) is 0 Å². The van der Waals surface area contributed by atoms with Gasteiger partial charge in [-0.1, -0.05) is 163 Å². The third kappa shape index (κ3) is 8.08. The number of ether oxygens (including phenoxy) is 2. The first-order valence-electron chi connectivity index (χ1n) is 21.6. The van der Waals surface area contributed by atoms with Crippen molar-refractivity contribution in [2.24, 2.45) is 11.8 Å². The molecule has 8 aromatic rings. The van der Waals surface area contributed by atoms with Gasteiger partial charge in [-0.3, -0.25) is 0 Å². The molecule has 0 aliphatic heterocycles. The number of rotatable bonds is 14. The van der Waals surface area contributed by atoms with Crippen LogP contribution in [0.3, 0.4) is 0 Å². The molecule has 0 fully saturated rings. The zero-order valence-corrected chi connectivity index (χ0v) is 34.6. The second kappa shape index (κ2) is 18.1. The highest BCUT2D eigenvalue weighted by molar-refractivity contribution is 6.35. The first-order valence-corrected chi connectivity index (χ1v) is 21.6. The highest BCUT2D eigenvalue weighted by Gasteiger charge is 2.19. The topological polar surface area (TPSA) is 18.5 Å². The van der Waals surface area contributed by atoms with E-state index in [1.54, 1.807) is 0 Å². The van der Waals surface area contributed by atoms with Gasteiger partial charge in [0.05, 0.1) is 13.2 Å². The lowest BCUT2D eigenvalue weighted by molar-refractivity contribution is 0.233. The Morgan fingerprint density at radius 1 is 0.397 bits per heavy atom. The third-order valence-corrected chi connectivity index (χ3v) is 12.1. The van der Waals surface area contributed by atoms with Crippen LogP contribution in [0.4, 0.5) is 0 Å². The molecule has 0 amide bonds. The molecule has 2 unspecified atom stereocenters. The van der Waals surface area contributed by atoms with Crippen LogP contribution < -0.4 is 9.47 Å². The van der Waals surface area contributed by atoms with Gasteiger partial charge in [0.1, 0.15) is 11.5 Å². The molecule has 0 saturated carbocycles. The van der Waals surface area contributed by atoms with Crippen molar-refractivity contribution in [2.45, 2.75) is 79.1 Å². The van der Waals surface area contributed by atoms with Gasteiger partial charge >= 0.3 is 0 Å². The highest BCUT2D eigenvalue weighted by Crippen LogP contribution is 2.44. The fourth-order valence-electron chi connectivity index (χ4n) is 8.56. The van der Waals surface area contributed by atoms with Crippen molar-refractivity contribution in [3.63, 3.8) is 0 Å². The first kappa shape index (κ1) is 38.9. The van der Waals surface area contributed by atoms with E-state index in [-0.39, 0.29) is 0 Å². The smallest absolute Gasteiger partial charge is 0.119 e. The number of hydrogen-bond donors (Lipinski definition) is 0. The predicted octanol–water partition coefficient (Wildman–Crippen LogP) is 14.9. The molecule has 0 heterocycles. The molecule has 290 valence electrons. The van der Waals surface area contributed by atoms with E-state index in [0.717, 1.165) is 59.8 Å². The molecule has 0 aliphatic rings. The van der Waals surface area contributed by atoms with Crippen LogP contribution >= 0.6 is 0 Å². The van der Waals surface area contributed by atoms with Crippen molar-refractivity contribution in [1.29, 1.82) is 0 Å². The molecule has 8 rings (SSSR count). The van der Waals surface area contributed by atoms with Crippen molar-refractivity contribution >= 4 is 53.9 Å². The third-order valence-electron chi connectivity index (χ3n) is 12.1. The lowest BCUT2D eigenvalue weighted by Gasteiger charge is -2.18. The minimum atomic E-state index is 0.597. The molecule has 58 heavy (non-hydrogen) atoms. The molecule has 0 spiro atoms. The normalized spacial score (nSPS) is 12.4. The molecule has 8 aromatic carbocycles. The summed E-state index contributed by atoms with van der Waals surface area (Å²) in [5.41, 5.74) is 4.05. The van der Waals surface area contributed by atoms with Crippen molar-refractivity contribution in [1.82, 2.24) is 0 Å². The van der Waals surface area contributed by atoms with Gasteiger partial charge < -0.3 is 9.47 Å². The standard InChI is InChI=1S/C56H54O2/c1-5-9-15-39(7-3)37-57-43-27-21-41(22-28-43)25-31-49-45-17-11-13-19-47(45)51-34-36-54-50(46-18-12-14-20-48(46)52-33-35-53(49)55(51)56(52)54)32-26-42-23-29-44(30-24-42)58-38-40(8-4)16-10-6-2/h11-14,17-24,27-30,33-36,39-40H,5-10,15-16,37-38H2,1-4H3. The van der Waals surface area contributed by atoms with E-state index < -0.39 is 0 Å². The number of unbranched alkanes of at least 4 members (excludes halogenated alkanes) is 2. The summed E-state index contributed by atoms with van der Waals surface area (Å²) in [6, 6.07) is 43.2. The van der Waals surface area contributed by atoms with Crippen LogP contribution in [-0.4, -0.2) is 13.2 Å². The van der Waals surface area contributed by atoms with Gasteiger partial charge in [0.25, 0.3) is 0 Å². The van der Waals surface area contributed by atoms with E-state index in [1.807, 2.05) is 0 Å². The van der Waals surface area contributed by atoms with E-state index in [1.165, 1.54) is 92.4 Å². The minimum absolute atomic E-state index is 0.597. The Kier molecular flexibility index (Phi) is 12.1. The van der Waals surface area contributed by atoms with Crippen molar-refractivity contribution in [2.75, 3.05) is 13.2 Å². The van der Waals surface area contributed by atoms with Gasteiger partial charge in [-0.15, -0.1) is 0 Å². The van der Waals surface area contributed by atoms with Crippen LogP contribution in [0.1, 0.15) is 101 Å². The van der Waals surface area contributed by atoms with Gasteiger partial charge in [0.15, 0.2) is 0 Å². The van der Waals surface area contributed by atoms with Gasteiger partial charge in [-0.2, -0.15) is 0 Å². The number of benzene rings is 8. The summed E-state index contributed by atoms with van der Waals surface area (Å²) in [6.45, 7) is 10.5. The van der Waals surface area contributed by atoms with Gasteiger partial charge in [-0.25, -0.2) is 0 Å². The zero-order chi connectivity index (χ0) is 39.8. The van der Waals surface area contributed by atoms with Crippen LogP contribution in [0.2, 0.25) is 0 Å². The molecule has 2 nitrogen and oxygen atoms in total. The lowest BCUT2D eigenvalue weighted by Crippen LogP contribution is -2.11. The highest BCUT2D eigenvalue weighted by atomic mass is 16.5. The van der Waals surface area contributed by atoms with Crippen molar-refractivity contribution < 1.29 is 9.47 Å². The van der Waals surface area contributed by atoms with Crippen LogP contribution in [0, 0.1) is 35.5 Å². The predicted molar refractivity (Wildman–Crippen MR) is 248 cm³/mol. The summed E-state index contributed by atoms with van der Waals surface area (Å²) in [5.74, 6) is 17.4. The van der Waals surface area contributed by atoms with Crippen LogP contribution in [0.5, 0.6) is 11.5 Å². The average Bonchev–Trinajstić information content (AvgIpc) is 3.28. The number of fused-ring (bicyclic) bond motifs is 4. The summed E-state index contributed by atoms with van der Waals surface area (Å²) in [6.07, 6.45) is 9.69. The Hall–Kier alpha value is -5.96.